The van der Waals surface area contributed by atoms with Gasteiger partial charge in [0.05, 0.1) is 16.7 Å². The van der Waals surface area contributed by atoms with Crippen molar-refractivity contribution < 1.29 is 4.42 Å². The Morgan fingerprint density at radius 1 is 0.421 bits per heavy atom. The van der Waals surface area contributed by atoms with Gasteiger partial charge < -0.3 is 13.9 Å². The third-order valence-corrected chi connectivity index (χ3v) is 11.0. The van der Waals surface area contributed by atoms with E-state index in [-0.39, 0.29) is 0 Å². The number of anilines is 3. The molecule has 2 aromatic heterocycles. The summed E-state index contributed by atoms with van der Waals surface area (Å²) < 4.78 is 8.59. The van der Waals surface area contributed by atoms with Crippen LogP contribution in [0.2, 0.25) is 0 Å². The number of rotatable bonds is 7. The molecule has 4 heteroatoms. The Morgan fingerprint density at radius 3 is 1.68 bits per heavy atom. The van der Waals surface area contributed by atoms with Crippen molar-refractivity contribution in [3.8, 4) is 39.4 Å². The largest absolute Gasteiger partial charge is 0.436 e. The van der Waals surface area contributed by atoms with E-state index in [0.29, 0.717) is 5.89 Å². The molecule has 0 aliphatic carbocycles. The number of benzene rings is 9. The summed E-state index contributed by atoms with van der Waals surface area (Å²) in [6, 6.07) is 75.3. The fourth-order valence-corrected chi connectivity index (χ4v) is 8.31. The Balaban J connectivity index is 1.01. The number of fused-ring (bicyclic) bond motifs is 6. The Hall–Kier alpha value is -7.69. The molecule has 0 aliphatic rings. The van der Waals surface area contributed by atoms with Gasteiger partial charge in [-0.3, -0.25) is 0 Å². The first-order valence-electron chi connectivity index (χ1n) is 19.3. The Labute approximate surface area is 330 Å². The van der Waals surface area contributed by atoms with E-state index in [1.54, 1.807) is 0 Å². The molecular weight excluding hydrogens is 695 g/mol. The highest BCUT2D eigenvalue weighted by Gasteiger charge is 2.19. The Morgan fingerprint density at radius 2 is 0.982 bits per heavy atom. The lowest BCUT2D eigenvalue weighted by Crippen LogP contribution is -2.11. The minimum Gasteiger partial charge on any atom is -0.436 e. The second-order valence-electron chi connectivity index (χ2n) is 14.4. The molecule has 11 rings (SSSR count). The Kier molecular flexibility index (Phi) is 7.78. The van der Waals surface area contributed by atoms with Crippen LogP contribution in [-0.4, -0.2) is 9.55 Å². The highest BCUT2D eigenvalue weighted by Crippen LogP contribution is 2.42. The number of hydrogen-bond donors (Lipinski definition) is 0. The fraction of sp³-hybridized carbons (Fsp3) is 0. The minimum absolute atomic E-state index is 0.631. The van der Waals surface area contributed by atoms with Gasteiger partial charge in [0, 0.05) is 44.3 Å². The molecule has 0 spiro atoms. The molecule has 268 valence electrons. The topological polar surface area (TPSA) is 34.2 Å². The number of nitrogens with zero attached hydrogens (tertiary/aromatic N) is 3. The van der Waals surface area contributed by atoms with Gasteiger partial charge in [-0.15, -0.1) is 0 Å². The van der Waals surface area contributed by atoms with Crippen LogP contribution in [0.1, 0.15) is 0 Å². The average Bonchev–Trinajstić information content (AvgIpc) is 3.88. The lowest BCUT2D eigenvalue weighted by atomic mass is 9.99. The maximum absolute atomic E-state index is 6.22. The molecule has 0 radical (unpaired) electrons. The van der Waals surface area contributed by atoms with E-state index in [9.17, 15) is 0 Å². The van der Waals surface area contributed by atoms with Crippen LogP contribution in [0.4, 0.5) is 17.1 Å². The number of para-hydroxylation sites is 3. The van der Waals surface area contributed by atoms with Crippen molar-refractivity contribution in [3.63, 3.8) is 0 Å². The van der Waals surface area contributed by atoms with E-state index in [0.717, 1.165) is 66.9 Å². The van der Waals surface area contributed by atoms with Gasteiger partial charge in [0.15, 0.2) is 5.58 Å². The first-order valence-corrected chi connectivity index (χ1v) is 19.3. The van der Waals surface area contributed by atoms with Gasteiger partial charge >= 0.3 is 0 Å². The van der Waals surface area contributed by atoms with Crippen molar-refractivity contribution in [2.45, 2.75) is 0 Å². The molecule has 2 heterocycles. The molecule has 0 unspecified atom stereocenters. The van der Waals surface area contributed by atoms with E-state index in [1.165, 1.54) is 27.4 Å². The third kappa shape index (κ3) is 5.66. The van der Waals surface area contributed by atoms with E-state index >= 15 is 0 Å². The summed E-state index contributed by atoms with van der Waals surface area (Å²) >= 11 is 0. The minimum atomic E-state index is 0.631. The maximum atomic E-state index is 6.22. The molecule has 0 N–H and O–H groups in total. The molecule has 9 aromatic carbocycles. The van der Waals surface area contributed by atoms with E-state index < -0.39 is 0 Å². The standard InChI is InChI=1S/C53H35N3O/c1-3-13-37(14-4-1)44-17-7-10-20-48(44)55(42-30-32-43(33-31-42)56-49-21-11-8-18-45(49)46-19-9-12-22-50(46)56)41-28-25-36(26-29-41)40-24-23-38-27-34-51-52(47(38)35-40)54-53(57-51)39-15-5-2-6-16-39/h1-35H. The van der Waals surface area contributed by atoms with Crippen molar-refractivity contribution >= 4 is 60.7 Å². The summed E-state index contributed by atoms with van der Waals surface area (Å²) in [6.45, 7) is 0. The van der Waals surface area contributed by atoms with E-state index in [1.807, 2.05) is 36.4 Å². The molecule has 0 fully saturated rings. The van der Waals surface area contributed by atoms with Gasteiger partial charge in [0.25, 0.3) is 0 Å². The molecule has 0 atom stereocenters. The number of oxazole rings is 1. The summed E-state index contributed by atoms with van der Waals surface area (Å²) in [4.78, 5) is 7.33. The monoisotopic (exact) mass is 729 g/mol. The SMILES string of the molecule is c1ccc(-c2nc3c(ccc4ccc(-c5ccc(N(c6ccc(-n7c8ccccc8c8ccccc87)cc6)c6ccccc6-c6ccccc6)cc5)cc43)o2)cc1. The summed E-state index contributed by atoms with van der Waals surface area (Å²) in [5.74, 6) is 0.631. The van der Waals surface area contributed by atoms with Crippen molar-refractivity contribution in [1.29, 1.82) is 0 Å². The molecule has 0 saturated carbocycles. The molecule has 11 aromatic rings. The van der Waals surface area contributed by atoms with Gasteiger partial charge in [-0.2, -0.15) is 0 Å². The fourth-order valence-electron chi connectivity index (χ4n) is 8.31. The number of hydrogen-bond acceptors (Lipinski definition) is 3. The molecule has 0 bridgehead atoms. The Bertz CT molecular complexity index is 3160. The van der Waals surface area contributed by atoms with Gasteiger partial charge in [-0.05, 0) is 101 Å². The zero-order valence-electron chi connectivity index (χ0n) is 31.0. The summed E-state index contributed by atoms with van der Waals surface area (Å²) in [5.41, 5.74) is 14.0. The van der Waals surface area contributed by atoms with Crippen LogP contribution in [0.5, 0.6) is 0 Å². The second kappa shape index (κ2) is 13.6. The van der Waals surface area contributed by atoms with Crippen LogP contribution in [-0.2, 0) is 0 Å². The summed E-state index contributed by atoms with van der Waals surface area (Å²) in [6.07, 6.45) is 0. The molecule has 0 saturated heterocycles. The molecule has 4 nitrogen and oxygen atoms in total. The first-order chi connectivity index (χ1) is 28.3. The van der Waals surface area contributed by atoms with Crippen LogP contribution in [0, 0.1) is 0 Å². The predicted molar refractivity (Wildman–Crippen MR) is 237 cm³/mol. The third-order valence-electron chi connectivity index (χ3n) is 11.0. The smallest absolute Gasteiger partial charge is 0.227 e. The highest BCUT2D eigenvalue weighted by atomic mass is 16.3. The van der Waals surface area contributed by atoms with E-state index in [2.05, 4.69) is 185 Å². The normalized spacial score (nSPS) is 11.5. The van der Waals surface area contributed by atoms with Gasteiger partial charge in [-0.25, -0.2) is 4.98 Å². The quantitative estimate of drug-likeness (QED) is 0.164. The van der Waals surface area contributed by atoms with Crippen molar-refractivity contribution in [2.24, 2.45) is 0 Å². The van der Waals surface area contributed by atoms with Crippen molar-refractivity contribution in [2.75, 3.05) is 4.90 Å². The molecular formula is C53H35N3O. The predicted octanol–water partition coefficient (Wildman–Crippen LogP) is 14.5. The van der Waals surface area contributed by atoms with Gasteiger partial charge in [-0.1, -0.05) is 133 Å². The zero-order valence-corrected chi connectivity index (χ0v) is 31.0. The molecule has 0 amide bonds. The summed E-state index contributed by atoms with van der Waals surface area (Å²) in [5, 5.41) is 4.71. The van der Waals surface area contributed by atoms with Crippen LogP contribution in [0.15, 0.2) is 217 Å². The van der Waals surface area contributed by atoms with E-state index in [4.69, 9.17) is 9.40 Å². The van der Waals surface area contributed by atoms with Crippen LogP contribution in [0.25, 0.3) is 83.1 Å². The molecule has 0 aliphatic heterocycles. The first kappa shape index (κ1) is 32.7. The van der Waals surface area contributed by atoms with Gasteiger partial charge in [0.2, 0.25) is 5.89 Å². The lowest BCUT2D eigenvalue weighted by molar-refractivity contribution is 0.620. The van der Waals surface area contributed by atoms with Crippen LogP contribution in [0.3, 0.4) is 0 Å². The highest BCUT2D eigenvalue weighted by molar-refractivity contribution is 6.09. The van der Waals surface area contributed by atoms with Crippen LogP contribution < -0.4 is 4.90 Å². The van der Waals surface area contributed by atoms with Gasteiger partial charge in [0.1, 0.15) is 5.52 Å². The van der Waals surface area contributed by atoms with Crippen molar-refractivity contribution in [3.05, 3.63) is 212 Å². The summed E-state index contributed by atoms with van der Waals surface area (Å²) in [7, 11) is 0. The zero-order chi connectivity index (χ0) is 37.7. The maximum Gasteiger partial charge on any atom is 0.227 e. The van der Waals surface area contributed by atoms with Crippen LogP contribution >= 0.6 is 0 Å². The second-order valence-corrected chi connectivity index (χ2v) is 14.4. The van der Waals surface area contributed by atoms with Crippen molar-refractivity contribution in [1.82, 2.24) is 9.55 Å². The number of aromatic nitrogens is 2. The average molecular weight is 730 g/mol. The lowest BCUT2D eigenvalue weighted by Gasteiger charge is -2.28. The molecule has 57 heavy (non-hydrogen) atoms.